The summed E-state index contributed by atoms with van der Waals surface area (Å²) >= 11 is 0. The molecule has 0 fully saturated rings. The van der Waals surface area contributed by atoms with Gasteiger partial charge in [-0.05, 0) is 218 Å². The fourth-order valence-electron chi connectivity index (χ4n) is 17.5. The minimum Gasteiger partial charge on any atom is -0.340 e. The summed E-state index contributed by atoms with van der Waals surface area (Å²) in [6.45, 7) is 10.2. The maximum atomic E-state index is 2.49. The van der Waals surface area contributed by atoms with E-state index < -0.39 is 0 Å². The van der Waals surface area contributed by atoms with Crippen LogP contribution < -0.4 is 0 Å². The molecule has 2 aromatic heterocycles. The summed E-state index contributed by atoms with van der Waals surface area (Å²) < 4.78 is 4.97. The molecule has 2 nitrogen and oxygen atoms in total. The minimum atomic E-state index is -0.0189. The summed E-state index contributed by atoms with van der Waals surface area (Å²) in [6.07, 6.45) is 2.38. The van der Waals surface area contributed by atoms with Gasteiger partial charge in [0, 0.05) is 55.7 Å². The zero-order chi connectivity index (χ0) is 73.8. The number of unbranched alkanes of at least 4 members (excludes halogenated alkanes) is 1. The summed E-state index contributed by atoms with van der Waals surface area (Å²) in [7, 11) is 0. The van der Waals surface area contributed by atoms with Crippen molar-refractivity contribution in [1.82, 2.24) is 9.13 Å². The SMILES string of the molecule is CC(C)(C)n1c2ccccc2c2cc(-c3ccc(-c4ccc(-c5c6ccccc6c(-c6ccc(-c7ccc(-c8ccccc8)cc7)cc6)c6ccccc56)cc4)cc3)ccc21.CCCCn1c2ccccc2c2cc(-c3ccc(-c4ccc(-c5c6ccccc6c(-c6ccccc6)c6ccccc56)cc4)cc3)ccc21. The number of aryl methyl sites for hydroxylation is 1. The zero-order valence-electron chi connectivity index (χ0n) is 62.5. The van der Waals surface area contributed by atoms with E-state index in [0.29, 0.717) is 0 Å². The van der Waals surface area contributed by atoms with Gasteiger partial charge in [-0.15, -0.1) is 0 Å². The van der Waals surface area contributed by atoms with E-state index in [-0.39, 0.29) is 5.54 Å². The van der Waals surface area contributed by atoms with Crippen LogP contribution in [0.5, 0.6) is 0 Å². The predicted molar refractivity (Wildman–Crippen MR) is 473 cm³/mol. The lowest BCUT2D eigenvalue weighted by atomic mass is 9.85. The average molecular weight is 1410 g/mol. The molecule has 0 spiro atoms. The highest BCUT2D eigenvalue weighted by molar-refractivity contribution is 6.23. The summed E-state index contributed by atoms with van der Waals surface area (Å²) in [4.78, 5) is 0. The van der Waals surface area contributed by atoms with Gasteiger partial charge >= 0.3 is 0 Å². The van der Waals surface area contributed by atoms with Crippen LogP contribution in [0.4, 0.5) is 0 Å². The lowest BCUT2D eigenvalue weighted by Crippen LogP contribution is -2.21. The highest BCUT2D eigenvalue weighted by atomic mass is 15.0. The summed E-state index contributed by atoms with van der Waals surface area (Å²) in [6, 6.07) is 143. The van der Waals surface area contributed by atoms with E-state index in [1.54, 1.807) is 0 Å². The molecule has 110 heavy (non-hydrogen) atoms. The van der Waals surface area contributed by atoms with Crippen LogP contribution in [0.2, 0.25) is 0 Å². The molecule has 0 aliphatic carbocycles. The fraction of sp³-hybridized carbons (Fsp3) is 0.0741. The number of rotatable bonds is 13. The smallest absolute Gasteiger partial charge is 0.0496 e. The lowest BCUT2D eigenvalue weighted by Gasteiger charge is -2.24. The summed E-state index contributed by atoms with van der Waals surface area (Å²) in [5, 5.41) is 15.4. The van der Waals surface area contributed by atoms with E-state index in [4.69, 9.17) is 0 Å². The van der Waals surface area contributed by atoms with Gasteiger partial charge < -0.3 is 9.13 Å². The first kappa shape index (κ1) is 67.2. The number of benzene rings is 18. The van der Waals surface area contributed by atoms with Crippen molar-refractivity contribution in [3.05, 3.63) is 388 Å². The second-order valence-electron chi connectivity index (χ2n) is 30.4. The van der Waals surface area contributed by atoms with Gasteiger partial charge in [0.05, 0.1) is 0 Å². The van der Waals surface area contributed by atoms with Gasteiger partial charge in [0.1, 0.15) is 0 Å². The molecule has 0 bridgehead atoms. The minimum absolute atomic E-state index is 0.0189. The van der Waals surface area contributed by atoms with Crippen molar-refractivity contribution in [3.63, 3.8) is 0 Å². The van der Waals surface area contributed by atoms with Crippen molar-refractivity contribution >= 4 is 86.7 Å². The van der Waals surface area contributed by atoms with Crippen molar-refractivity contribution < 1.29 is 0 Å². The molecule has 20 rings (SSSR count). The van der Waals surface area contributed by atoms with E-state index in [0.717, 1.165) is 6.54 Å². The first-order valence-electron chi connectivity index (χ1n) is 38.8. The Morgan fingerprint density at radius 2 is 0.400 bits per heavy atom. The van der Waals surface area contributed by atoms with Crippen molar-refractivity contribution in [2.24, 2.45) is 0 Å². The molecule has 18 aromatic carbocycles. The van der Waals surface area contributed by atoms with Crippen LogP contribution in [0.1, 0.15) is 40.5 Å². The number of nitrogens with zero attached hydrogens (tertiary/aromatic N) is 2. The molecule has 0 aliphatic heterocycles. The number of hydrogen-bond acceptors (Lipinski definition) is 0. The molecule has 0 unspecified atom stereocenters. The van der Waals surface area contributed by atoms with Crippen molar-refractivity contribution in [2.75, 3.05) is 0 Å². The lowest BCUT2D eigenvalue weighted by molar-refractivity contribution is 0.423. The summed E-state index contributed by atoms with van der Waals surface area (Å²) in [5.74, 6) is 0. The van der Waals surface area contributed by atoms with Crippen LogP contribution >= 0.6 is 0 Å². The maximum Gasteiger partial charge on any atom is 0.0496 e. The van der Waals surface area contributed by atoms with Crippen LogP contribution in [0.3, 0.4) is 0 Å². The molecule has 0 amide bonds. The second kappa shape index (κ2) is 28.4. The Hall–Kier alpha value is -13.4. The van der Waals surface area contributed by atoms with Gasteiger partial charge in [-0.1, -0.05) is 365 Å². The van der Waals surface area contributed by atoms with Gasteiger partial charge in [-0.2, -0.15) is 0 Å². The monoisotopic (exact) mass is 1410 g/mol. The van der Waals surface area contributed by atoms with Crippen molar-refractivity contribution in [1.29, 1.82) is 0 Å². The normalized spacial score (nSPS) is 11.7. The predicted octanol–water partition coefficient (Wildman–Crippen LogP) is 30.4. The third-order valence-electron chi connectivity index (χ3n) is 22.7. The number of para-hydroxylation sites is 2. The van der Waals surface area contributed by atoms with Crippen LogP contribution in [0, 0.1) is 0 Å². The number of hydrogen-bond donors (Lipinski definition) is 0. The van der Waals surface area contributed by atoms with Crippen molar-refractivity contribution in [2.45, 2.75) is 52.6 Å². The van der Waals surface area contributed by atoms with Gasteiger partial charge in [0.2, 0.25) is 0 Å². The molecule has 2 heteroatoms. The molecule has 20 aromatic rings. The van der Waals surface area contributed by atoms with Crippen LogP contribution in [-0.2, 0) is 12.1 Å². The topological polar surface area (TPSA) is 9.86 Å². The molecule has 0 saturated carbocycles. The van der Waals surface area contributed by atoms with E-state index in [9.17, 15) is 0 Å². The van der Waals surface area contributed by atoms with Gasteiger partial charge in [0.25, 0.3) is 0 Å². The zero-order valence-corrected chi connectivity index (χ0v) is 62.5. The van der Waals surface area contributed by atoms with E-state index in [1.165, 1.54) is 211 Å². The largest absolute Gasteiger partial charge is 0.340 e. The second-order valence-corrected chi connectivity index (χ2v) is 30.4. The van der Waals surface area contributed by atoms with Gasteiger partial charge in [-0.25, -0.2) is 0 Å². The Morgan fingerprint density at radius 3 is 0.727 bits per heavy atom. The van der Waals surface area contributed by atoms with E-state index in [1.807, 2.05) is 0 Å². The van der Waals surface area contributed by atoms with E-state index >= 15 is 0 Å². The molecule has 0 atom stereocenters. The molecular formula is C108H82N2. The van der Waals surface area contributed by atoms with Gasteiger partial charge in [-0.3, -0.25) is 0 Å². The third-order valence-corrected chi connectivity index (χ3v) is 22.7. The first-order valence-corrected chi connectivity index (χ1v) is 38.8. The third kappa shape index (κ3) is 12.2. The Labute approximate surface area is 643 Å². The highest BCUT2D eigenvalue weighted by Gasteiger charge is 2.23. The molecular weight excluding hydrogens is 1330 g/mol. The maximum absolute atomic E-state index is 2.49. The standard InChI is InChI=1S/C60H45N.C48H37N/c1-60(2,3)61-56-20-12-11-15-50(56)55-39-49(37-38-57(55)61)46-27-25-43(26-28-46)45-31-35-48(36-32-45)59-53-18-9-7-16-51(53)58(52-17-8-10-19-54(52)59)47-33-29-44(30-34-47)42-23-21-41(22-24-42)40-13-5-4-6-14-40;1-2-3-31-49-45-20-12-11-15-39(45)44-32-38(29-30-46(44)49)35-23-21-33(22-24-35)34-25-27-37(28-26-34)48-42-18-9-7-16-40(42)47(36-13-5-4-6-14-36)41-17-8-10-19-43(41)48/h4-39H,1-3H3;4-30,32H,2-3,31H2,1H3. The molecule has 0 aliphatic rings. The Bertz CT molecular complexity index is 6700. The molecule has 2 heterocycles. The first-order chi connectivity index (χ1) is 54.2. The fourth-order valence-corrected chi connectivity index (χ4v) is 17.5. The van der Waals surface area contributed by atoms with Gasteiger partial charge in [0.15, 0.2) is 0 Å². The van der Waals surface area contributed by atoms with Crippen molar-refractivity contribution in [3.8, 4) is 111 Å². The highest BCUT2D eigenvalue weighted by Crippen LogP contribution is 2.48. The molecule has 524 valence electrons. The molecule has 0 N–H and O–H groups in total. The average Bonchev–Trinajstić information content (AvgIpc) is 0.979. The molecule has 0 saturated heterocycles. The summed E-state index contributed by atoms with van der Waals surface area (Å²) in [5.41, 5.74) is 30.0. The van der Waals surface area contributed by atoms with Crippen LogP contribution in [-0.4, -0.2) is 9.13 Å². The Balaban J connectivity index is 0.000000153. The quantitative estimate of drug-likeness (QED) is 0.102. The van der Waals surface area contributed by atoms with Crippen LogP contribution in [0.15, 0.2) is 388 Å². The molecule has 0 radical (unpaired) electrons. The van der Waals surface area contributed by atoms with E-state index in [2.05, 4.69) is 425 Å². The Kier molecular flexibility index (Phi) is 17.3. The Morgan fingerprint density at radius 1 is 0.191 bits per heavy atom. The number of fused-ring (bicyclic) bond motifs is 10. The van der Waals surface area contributed by atoms with Crippen LogP contribution in [0.25, 0.3) is 198 Å². The number of aromatic nitrogens is 2.